The van der Waals surface area contributed by atoms with Gasteiger partial charge in [0.2, 0.25) is 0 Å². The second kappa shape index (κ2) is 3.46. The predicted molar refractivity (Wildman–Crippen MR) is 51.7 cm³/mol. The maximum absolute atomic E-state index is 5.39. The average molecular weight is 177 g/mol. The van der Waals surface area contributed by atoms with Gasteiger partial charge in [0.25, 0.3) is 0 Å². The highest BCUT2D eigenvalue weighted by molar-refractivity contribution is 5.34. The van der Waals surface area contributed by atoms with Crippen LogP contribution in [0.1, 0.15) is 36.5 Å². The summed E-state index contributed by atoms with van der Waals surface area (Å²) in [6, 6.07) is 0. The molecule has 0 fully saturated rings. The minimum absolute atomic E-state index is 0.570. The van der Waals surface area contributed by atoms with Gasteiger partial charge in [-0.2, -0.15) is 0 Å². The number of fused-ring (bicyclic) bond motifs is 1. The zero-order chi connectivity index (χ0) is 9.26. The second-order valence-electron chi connectivity index (χ2n) is 3.82. The molecule has 0 aliphatic carbocycles. The highest BCUT2D eigenvalue weighted by Crippen LogP contribution is 2.25. The molecule has 1 aromatic heterocycles. The zero-order valence-electron chi connectivity index (χ0n) is 8.21. The molecule has 0 spiro atoms. The molecule has 0 radical (unpaired) electrons. The van der Waals surface area contributed by atoms with Crippen molar-refractivity contribution in [2.45, 2.75) is 32.8 Å². The number of nitrogens with zero attached hydrogens (tertiary/aromatic N) is 1. The Hall–Kier alpha value is -0.890. The molecule has 2 nitrogen and oxygen atoms in total. The molecular formula is C11H15NO. The van der Waals surface area contributed by atoms with E-state index < -0.39 is 0 Å². The Balaban J connectivity index is 2.46. The van der Waals surface area contributed by atoms with Crippen LogP contribution in [0.5, 0.6) is 0 Å². The van der Waals surface area contributed by atoms with Crippen LogP contribution >= 0.6 is 0 Å². The first-order valence-corrected chi connectivity index (χ1v) is 4.82. The van der Waals surface area contributed by atoms with Gasteiger partial charge in [0.15, 0.2) is 0 Å². The summed E-state index contributed by atoms with van der Waals surface area (Å²) in [4.78, 5) is 4.24. The molecule has 2 rings (SSSR count). The molecule has 2 heteroatoms. The van der Waals surface area contributed by atoms with Crippen LogP contribution in [-0.2, 0) is 17.8 Å². The number of rotatable bonds is 1. The summed E-state index contributed by atoms with van der Waals surface area (Å²) >= 11 is 0. The van der Waals surface area contributed by atoms with Crippen molar-refractivity contribution >= 4 is 0 Å². The van der Waals surface area contributed by atoms with Gasteiger partial charge >= 0.3 is 0 Å². The number of hydrogen-bond acceptors (Lipinski definition) is 2. The maximum Gasteiger partial charge on any atom is 0.0734 e. The highest BCUT2D eigenvalue weighted by atomic mass is 16.5. The molecule has 0 saturated carbocycles. The Morgan fingerprint density at radius 1 is 1.38 bits per heavy atom. The van der Waals surface area contributed by atoms with E-state index in [2.05, 4.69) is 18.8 Å². The van der Waals surface area contributed by atoms with Crippen molar-refractivity contribution in [3.8, 4) is 0 Å². The standard InChI is InChI=1S/C11H15NO/c1-8(2)11-6-12-5-9-7-13-4-3-10(9)11/h5-6,8H,3-4,7H2,1-2H3. The third-order valence-electron chi connectivity index (χ3n) is 2.56. The number of ether oxygens (including phenoxy) is 1. The molecule has 0 bridgehead atoms. The van der Waals surface area contributed by atoms with Crippen molar-refractivity contribution in [1.82, 2.24) is 4.98 Å². The van der Waals surface area contributed by atoms with Crippen LogP contribution in [0.25, 0.3) is 0 Å². The van der Waals surface area contributed by atoms with Crippen molar-refractivity contribution in [2.75, 3.05) is 6.61 Å². The lowest BCUT2D eigenvalue weighted by Crippen LogP contribution is -2.13. The van der Waals surface area contributed by atoms with Crippen LogP contribution in [0.3, 0.4) is 0 Å². The van der Waals surface area contributed by atoms with E-state index >= 15 is 0 Å². The van der Waals surface area contributed by atoms with Gasteiger partial charge in [-0.15, -0.1) is 0 Å². The minimum atomic E-state index is 0.570. The zero-order valence-corrected chi connectivity index (χ0v) is 8.21. The van der Waals surface area contributed by atoms with Gasteiger partial charge in [0, 0.05) is 12.4 Å². The van der Waals surface area contributed by atoms with Gasteiger partial charge in [-0.1, -0.05) is 13.8 Å². The molecule has 1 aromatic rings. The third kappa shape index (κ3) is 1.59. The van der Waals surface area contributed by atoms with Crippen LogP contribution in [0.2, 0.25) is 0 Å². The summed E-state index contributed by atoms with van der Waals surface area (Å²) in [6.45, 7) is 6.03. The fourth-order valence-corrected chi connectivity index (χ4v) is 1.83. The van der Waals surface area contributed by atoms with E-state index in [1.54, 1.807) is 0 Å². The van der Waals surface area contributed by atoms with Crippen LogP contribution < -0.4 is 0 Å². The molecular weight excluding hydrogens is 162 g/mol. The molecule has 70 valence electrons. The monoisotopic (exact) mass is 177 g/mol. The van der Waals surface area contributed by atoms with E-state index in [-0.39, 0.29) is 0 Å². The van der Waals surface area contributed by atoms with Gasteiger partial charge < -0.3 is 4.74 Å². The fraction of sp³-hybridized carbons (Fsp3) is 0.545. The largest absolute Gasteiger partial charge is 0.376 e. The van der Waals surface area contributed by atoms with Crippen LogP contribution in [0, 0.1) is 0 Å². The Kier molecular flexibility index (Phi) is 2.32. The summed E-state index contributed by atoms with van der Waals surface area (Å²) in [6.07, 6.45) is 4.97. The lowest BCUT2D eigenvalue weighted by atomic mass is 9.93. The maximum atomic E-state index is 5.39. The molecule has 13 heavy (non-hydrogen) atoms. The van der Waals surface area contributed by atoms with E-state index in [1.807, 2.05) is 12.4 Å². The summed E-state index contributed by atoms with van der Waals surface area (Å²) < 4.78 is 5.39. The molecule has 0 saturated heterocycles. The number of aromatic nitrogens is 1. The first kappa shape index (κ1) is 8.70. The molecule has 2 heterocycles. The van der Waals surface area contributed by atoms with Crippen molar-refractivity contribution in [3.63, 3.8) is 0 Å². The fourth-order valence-electron chi connectivity index (χ4n) is 1.83. The van der Waals surface area contributed by atoms with Gasteiger partial charge in [-0.3, -0.25) is 4.98 Å². The molecule has 0 unspecified atom stereocenters. The first-order chi connectivity index (χ1) is 6.29. The first-order valence-electron chi connectivity index (χ1n) is 4.82. The topological polar surface area (TPSA) is 22.1 Å². The Bertz CT molecular complexity index is 307. The molecule has 0 aromatic carbocycles. The second-order valence-corrected chi connectivity index (χ2v) is 3.82. The average Bonchev–Trinajstić information content (AvgIpc) is 2.17. The minimum Gasteiger partial charge on any atom is -0.376 e. The van der Waals surface area contributed by atoms with E-state index in [9.17, 15) is 0 Å². The van der Waals surface area contributed by atoms with Gasteiger partial charge in [0.1, 0.15) is 0 Å². The normalized spacial score (nSPS) is 15.9. The third-order valence-corrected chi connectivity index (χ3v) is 2.56. The summed E-state index contributed by atoms with van der Waals surface area (Å²) in [5.74, 6) is 0.570. The van der Waals surface area contributed by atoms with E-state index in [0.717, 1.165) is 19.6 Å². The highest BCUT2D eigenvalue weighted by Gasteiger charge is 2.15. The van der Waals surface area contributed by atoms with Crippen molar-refractivity contribution in [1.29, 1.82) is 0 Å². The molecule has 0 atom stereocenters. The van der Waals surface area contributed by atoms with Crippen LogP contribution in [0.4, 0.5) is 0 Å². The number of pyridine rings is 1. The molecule has 1 aliphatic rings. The molecule has 0 N–H and O–H groups in total. The SMILES string of the molecule is CC(C)c1cncc2c1CCOC2. The number of hydrogen-bond donors (Lipinski definition) is 0. The van der Waals surface area contributed by atoms with E-state index in [1.165, 1.54) is 16.7 Å². The predicted octanol–water partition coefficient (Wildman–Crippen LogP) is 2.28. The summed E-state index contributed by atoms with van der Waals surface area (Å²) in [5.41, 5.74) is 4.13. The van der Waals surface area contributed by atoms with Crippen molar-refractivity contribution in [3.05, 3.63) is 29.1 Å². The Morgan fingerprint density at radius 3 is 3.00 bits per heavy atom. The summed E-state index contributed by atoms with van der Waals surface area (Å²) in [5, 5.41) is 0. The van der Waals surface area contributed by atoms with Crippen molar-refractivity contribution < 1.29 is 4.74 Å². The van der Waals surface area contributed by atoms with E-state index in [4.69, 9.17) is 4.74 Å². The summed E-state index contributed by atoms with van der Waals surface area (Å²) in [7, 11) is 0. The van der Waals surface area contributed by atoms with E-state index in [0.29, 0.717) is 5.92 Å². The molecule has 1 aliphatic heterocycles. The Labute approximate surface area is 78.9 Å². The van der Waals surface area contributed by atoms with Crippen molar-refractivity contribution in [2.24, 2.45) is 0 Å². The Morgan fingerprint density at radius 2 is 2.23 bits per heavy atom. The van der Waals surface area contributed by atoms with Gasteiger partial charge in [0.05, 0.1) is 13.2 Å². The van der Waals surface area contributed by atoms with Gasteiger partial charge in [-0.05, 0) is 29.0 Å². The quantitative estimate of drug-likeness (QED) is 0.656. The molecule has 0 amide bonds. The van der Waals surface area contributed by atoms with Crippen LogP contribution in [-0.4, -0.2) is 11.6 Å². The smallest absolute Gasteiger partial charge is 0.0734 e. The van der Waals surface area contributed by atoms with Crippen LogP contribution in [0.15, 0.2) is 12.4 Å². The lowest BCUT2D eigenvalue weighted by Gasteiger charge is -2.20. The van der Waals surface area contributed by atoms with Gasteiger partial charge in [-0.25, -0.2) is 0 Å². The lowest BCUT2D eigenvalue weighted by molar-refractivity contribution is 0.110.